The number of aromatic nitrogens is 5. The Morgan fingerprint density at radius 3 is 2.32 bits per heavy atom. The van der Waals surface area contributed by atoms with Gasteiger partial charge < -0.3 is 15.4 Å². The first-order valence-corrected chi connectivity index (χ1v) is 9.43. The van der Waals surface area contributed by atoms with Crippen molar-refractivity contribution >= 4 is 29.2 Å². The highest BCUT2D eigenvalue weighted by atomic mass is 16.5. The number of pyridine rings is 1. The number of rotatable bonds is 6. The van der Waals surface area contributed by atoms with E-state index in [1.807, 2.05) is 25.1 Å². The van der Waals surface area contributed by atoms with Crippen LogP contribution in [0.5, 0.6) is 0 Å². The summed E-state index contributed by atoms with van der Waals surface area (Å²) in [4.78, 5) is 33.5. The molecule has 154 valence electrons. The molecule has 1 aromatic carbocycles. The number of methoxy groups -OCH3 is 1. The van der Waals surface area contributed by atoms with Gasteiger partial charge in [0.2, 0.25) is 5.95 Å². The standard InChI is InChI=1S/C22H19N7O2/c1-14-4-3-5-17(25-14)20-23-12-10-18(28-20)27-19-11-13-24-22(29-19)26-16-8-6-15(7-9-16)21(30)31-2/h3-13H,1-2H3,(H2,23,24,26,27,28,29). The molecule has 4 rings (SSSR count). The third-order valence-corrected chi connectivity index (χ3v) is 4.25. The van der Waals surface area contributed by atoms with Crippen molar-refractivity contribution < 1.29 is 9.53 Å². The highest BCUT2D eigenvalue weighted by molar-refractivity contribution is 5.89. The summed E-state index contributed by atoms with van der Waals surface area (Å²) >= 11 is 0. The highest BCUT2D eigenvalue weighted by Crippen LogP contribution is 2.19. The molecule has 9 heteroatoms. The molecule has 31 heavy (non-hydrogen) atoms. The van der Waals surface area contributed by atoms with Crippen molar-refractivity contribution in [3.63, 3.8) is 0 Å². The Hall–Kier alpha value is -4.40. The fourth-order valence-electron chi connectivity index (χ4n) is 2.78. The number of benzene rings is 1. The molecule has 0 bridgehead atoms. The maximum absolute atomic E-state index is 11.5. The van der Waals surface area contributed by atoms with E-state index in [4.69, 9.17) is 4.74 Å². The van der Waals surface area contributed by atoms with Crippen LogP contribution in [0.3, 0.4) is 0 Å². The maximum Gasteiger partial charge on any atom is 0.337 e. The van der Waals surface area contributed by atoms with E-state index in [0.717, 1.165) is 11.4 Å². The predicted molar refractivity (Wildman–Crippen MR) is 116 cm³/mol. The lowest BCUT2D eigenvalue weighted by Gasteiger charge is -2.09. The zero-order valence-electron chi connectivity index (χ0n) is 16.9. The molecule has 0 saturated carbocycles. The van der Waals surface area contributed by atoms with Gasteiger partial charge in [-0.15, -0.1) is 0 Å². The van der Waals surface area contributed by atoms with Crippen molar-refractivity contribution in [1.82, 2.24) is 24.9 Å². The number of nitrogens with zero attached hydrogens (tertiary/aromatic N) is 5. The van der Waals surface area contributed by atoms with Crippen LogP contribution in [0, 0.1) is 6.92 Å². The third-order valence-electron chi connectivity index (χ3n) is 4.25. The zero-order chi connectivity index (χ0) is 21.6. The molecule has 0 saturated heterocycles. The molecule has 0 spiro atoms. The van der Waals surface area contributed by atoms with Crippen LogP contribution in [0.1, 0.15) is 16.1 Å². The van der Waals surface area contributed by atoms with Gasteiger partial charge in [-0.1, -0.05) is 6.07 Å². The van der Waals surface area contributed by atoms with Crippen LogP contribution in [0.4, 0.5) is 23.3 Å². The van der Waals surface area contributed by atoms with E-state index in [-0.39, 0.29) is 5.97 Å². The predicted octanol–water partition coefficient (Wildman–Crippen LogP) is 3.91. The Morgan fingerprint density at radius 1 is 0.839 bits per heavy atom. The van der Waals surface area contributed by atoms with Crippen molar-refractivity contribution in [2.24, 2.45) is 0 Å². The summed E-state index contributed by atoms with van der Waals surface area (Å²) < 4.78 is 4.70. The lowest BCUT2D eigenvalue weighted by Crippen LogP contribution is -2.03. The van der Waals surface area contributed by atoms with E-state index < -0.39 is 0 Å². The van der Waals surface area contributed by atoms with Crippen molar-refractivity contribution in [1.29, 1.82) is 0 Å². The van der Waals surface area contributed by atoms with Gasteiger partial charge in [0.1, 0.15) is 17.3 Å². The van der Waals surface area contributed by atoms with E-state index in [1.165, 1.54) is 7.11 Å². The second-order valence-corrected chi connectivity index (χ2v) is 6.51. The Balaban J connectivity index is 1.49. The highest BCUT2D eigenvalue weighted by Gasteiger charge is 2.07. The van der Waals surface area contributed by atoms with Crippen molar-refractivity contribution in [3.05, 3.63) is 78.2 Å². The molecule has 0 aliphatic rings. The molecule has 0 unspecified atom stereocenters. The fraction of sp³-hybridized carbons (Fsp3) is 0.0909. The van der Waals surface area contributed by atoms with Gasteiger partial charge in [-0.05, 0) is 55.5 Å². The number of anilines is 4. The topological polar surface area (TPSA) is 115 Å². The van der Waals surface area contributed by atoms with Crippen molar-refractivity contribution in [2.75, 3.05) is 17.7 Å². The van der Waals surface area contributed by atoms with Crippen LogP contribution in [0.25, 0.3) is 11.5 Å². The lowest BCUT2D eigenvalue weighted by molar-refractivity contribution is 0.0601. The van der Waals surface area contributed by atoms with E-state index >= 15 is 0 Å². The summed E-state index contributed by atoms with van der Waals surface area (Å²) in [5.74, 6) is 1.67. The lowest BCUT2D eigenvalue weighted by atomic mass is 10.2. The largest absolute Gasteiger partial charge is 0.465 e. The first kappa shape index (κ1) is 19.9. The summed E-state index contributed by atoms with van der Waals surface area (Å²) in [6.07, 6.45) is 3.29. The molecule has 2 N–H and O–H groups in total. The number of hydrogen-bond donors (Lipinski definition) is 2. The maximum atomic E-state index is 11.5. The zero-order valence-corrected chi connectivity index (χ0v) is 16.9. The number of carbonyl (C=O) groups is 1. The van der Waals surface area contributed by atoms with E-state index in [0.29, 0.717) is 34.7 Å². The molecule has 0 fully saturated rings. The van der Waals surface area contributed by atoms with Gasteiger partial charge in [0.05, 0.1) is 12.7 Å². The minimum absolute atomic E-state index is 0.390. The number of aryl methyl sites for hydroxylation is 1. The van der Waals surface area contributed by atoms with E-state index in [2.05, 4.69) is 35.6 Å². The molecule has 4 aromatic rings. The molecule has 3 heterocycles. The van der Waals surface area contributed by atoms with Gasteiger partial charge in [-0.3, -0.25) is 0 Å². The molecule has 3 aromatic heterocycles. The number of esters is 1. The van der Waals surface area contributed by atoms with Gasteiger partial charge >= 0.3 is 5.97 Å². The Bertz CT molecular complexity index is 1210. The average molecular weight is 413 g/mol. The smallest absolute Gasteiger partial charge is 0.337 e. The normalized spacial score (nSPS) is 10.4. The van der Waals surface area contributed by atoms with Crippen LogP contribution in [0.2, 0.25) is 0 Å². The van der Waals surface area contributed by atoms with Crippen molar-refractivity contribution in [3.8, 4) is 11.5 Å². The van der Waals surface area contributed by atoms with Crippen LogP contribution >= 0.6 is 0 Å². The second kappa shape index (κ2) is 8.95. The molecule has 0 atom stereocenters. The Morgan fingerprint density at radius 2 is 1.58 bits per heavy atom. The van der Waals surface area contributed by atoms with Crippen LogP contribution in [0.15, 0.2) is 67.0 Å². The number of carbonyl (C=O) groups excluding carboxylic acids is 1. The molecular weight excluding hydrogens is 394 g/mol. The summed E-state index contributed by atoms with van der Waals surface area (Å²) in [5, 5.41) is 6.26. The van der Waals surface area contributed by atoms with Crippen LogP contribution in [-0.4, -0.2) is 38.0 Å². The number of nitrogens with one attached hydrogen (secondary N) is 2. The van der Waals surface area contributed by atoms with Gasteiger partial charge in [0.15, 0.2) is 5.82 Å². The molecular formula is C22H19N7O2. The van der Waals surface area contributed by atoms with E-state index in [9.17, 15) is 4.79 Å². The summed E-state index contributed by atoms with van der Waals surface area (Å²) in [6.45, 7) is 1.92. The third kappa shape index (κ3) is 4.96. The minimum atomic E-state index is -0.390. The minimum Gasteiger partial charge on any atom is -0.465 e. The monoisotopic (exact) mass is 413 g/mol. The van der Waals surface area contributed by atoms with Crippen LogP contribution in [-0.2, 0) is 4.74 Å². The van der Waals surface area contributed by atoms with Gasteiger partial charge in [-0.2, -0.15) is 4.98 Å². The van der Waals surface area contributed by atoms with E-state index in [1.54, 1.807) is 48.8 Å². The first-order chi connectivity index (χ1) is 15.1. The van der Waals surface area contributed by atoms with Crippen LogP contribution < -0.4 is 10.6 Å². The Kier molecular flexibility index (Phi) is 5.75. The van der Waals surface area contributed by atoms with Gasteiger partial charge in [0.25, 0.3) is 0 Å². The molecule has 9 nitrogen and oxygen atoms in total. The summed E-state index contributed by atoms with van der Waals surface area (Å²) in [6, 6.07) is 16.0. The number of ether oxygens (including phenoxy) is 1. The van der Waals surface area contributed by atoms with Gasteiger partial charge in [0, 0.05) is 23.8 Å². The molecule has 0 amide bonds. The SMILES string of the molecule is COC(=O)c1ccc(Nc2nccc(Nc3ccnc(-c4cccc(C)n4)n3)n2)cc1. The second-order valence-electron chi connectivity index (χ2n) is 6.51. The summed E-state index contributed by atoms with van der Waals surface area (Å²) in [5.41, 5.74) is 2.79. The molecule has 0 aliphatic heterocycles. The Labute approximate surface area is 178 Å². The van der Waals surface area contributed by atoms with Crippen molar-refractivity contribution in [2.45, 2.75) is 6.92 Å². The molecule has 0 aliphatic carbocycles. The average Bonchev–Trinajstić information content (AvgIpc) is 2.79. The number of hydrogen-bond acceptors (Lipinski definition) is 9. The summed E-state index contributed by atoms with van der Waals surface area (Å²) in [7, 11) is 1.35. The quantitative estimate of drug-likeness (QED) is 0.454. The fourth-order valence-corrected chi connectivity index (χ4v) is 2.78. The molecule has 0 radical (unpaired) electrons. The first-order valence-electron chi connectivity index (χ1n) is 9.43. The van der Waals surface area contributed by atoms with Gasteiger partial charge in [-0.25, -0.2) is 24.7 Å².